The van der Waals surface area contributed by atoms with E-state index in [9.17, 15) is 18.0 Å². The fourth-order valence-corrected chi connectivity index (χ4v) is 4.87. The number of carbonyl (C=O) groups is 2. The van der Waals surface area contributed by atoms with Crippen LogP contribution in [0.4, 0.5) is 17.1 Å². The third kappa shape index (κ3) is 4.65. The van der Waals surface area contributed by atoms with Gasteiger partial charge in [-0.3, -0.25) is 14.3 Å². The number of fused-ring (bicyclic) bond motifs is 1. The van der Waals surface area contributed by atoms with Gasteiger partial charge in [0.25, 0.3) is 15.9 Å². The summed E-state index contributed by atoms with van der Waals surface area (Å²) in [4.78, 5) is 26.0. The molecule has 1 aliphatic heterocycles. The van der Waals surface area contributed by atoms with Crippen molar-refractivity contribution in [2.75, 3.05) is 21.5 Å². The Labute approximate surface area is 187 Å². The molecule has 2 N–H and O–H groups in total. The summed E-state index contributed by atoms with van der Waals surface area (Å²) in [5.74, 6) is -0.343. The summed E-state index contributed by atoms with van der Waals surface area (Å²) in [5.41, 5.74) is 2.98. The predicted molar refractivity (Wildman–Crippen MR) is 124 cm³/mol. The fourth-order valence-electron chi connectivity index (χ4n) is 3.77. The zero-order valence-corrected chi connectivity index (χ0v) is 18.4. The maximum atomic E-state index is 13.0. The summed E-state index contributed by atoms with van der Waals surface area (Å²) in [6.45, 7) is 1.97. The van der Waals surface area contributed by atoms with Gasteiger partial charge in [0.15, 0.2) is 0 Å². The van der Waals surface area contributed by atoms with Gasteiger partial charge < -0.3 is 10.2 Å². The zero-order valence-electron chi connectivity index (χ0n) is 17.5. The van der Waals surface area contributed by atoms with Crippen molar-refractivity contribution in [2.24, 2.45) is 0 Å². The van der Waals surface area contributed by atoms with Gasteiger partial charge >= 0.3 is 0 Å². The largest absolute Gasteiger partial charge is 0.326 e. The first kappa shape index (κ1) is 21.6. The van der Waals surface area contributed by atoms with Crippen LogP contribution in [0.2, 0.25) is 0 Å². The van der Waals surface area contributed by atoms with E-state index in [1.54, 1.807) is 53.4 Å². The van der Waals surface area contributed by atoms with Gasteiger partial charge in [-0.2, -0.15) is 0 Å². The molecule has 0 saturated carbocycles. The fraction of sp³-hybridized carbons (Fsp3) is 0.167. The lowest BCUT2D eigenvalue weighted by Gasteiger charge is -2.30. The first-order valence-corrected chi connectivity index (χ1v) is 11.7. The Morgan fingerprint density at radius 3 is 2.41 bits per heavy atom. The maximum Gasteiger partial charge on any atom is 0.261 e. The molecule has 0 fully saturated rings. The third-order valence-corrected chi connectivity index (χ3v) is 6.56. The van der Waals surface area contributed by atoms with Gasteiger partial charge in [-0.1, -0.05) is 24.3 Å². The number of amides is 2. The average molecular weight is 450 g/mol. The van der Waals surface area contributed by atoms with Crippen molar-refractivity contribution in [1.82, 2.24) is 0 Å². The summed E-state index contributed by atoms with van der Waals surface area (Å²) in [7, 11) is -3.85. The summed E-state index contributed by atoms with van der Waals surface area (Å²) >= 11 is 0. The molecule has 0 radical (unpaired) electrons. The molecule has 0 unspecified atom stereocenters. The number of hydrogen-bond acceptors (Lipinski definition) is 4. The molecule has 0 aromatic heterocycles. The predicted octanol–water partition coefficient (Wildman–Crippen LogP) is 4.04. The van der Waals surface area contributed by atoms with E-state index in [-0.39, 0.29) is 16.7 Å². The van der Waals surface area contributed by atoms with Crippen molar-refractivity contribution < 1.29 is 18.0 Å². The van der Waals surface area contributed by atoms with Crippen LogP contribution in [0.3, 0.4) is 0 Å². The van der Waals surface area contributed by atoms with Crippen molar-refractivity contribution in [3.05, 3.63) is 83.9 Å². The number of benzene rings is 3. The van der Waals surface area contributed by atoms with E-state index in [1.165, 1.54) is 13.0 Å². The first-order valence-electron chi connectivity index (χ1n) is 10.2. The smallest absolute Gasteiger partial charge is 0.261 e. The quantitative estimate of drug-likeness (QED) is 0.615. The monoisotopic (exact) mass is 449 g/mol. The minimum absolute atomic E-state index is 0.102. The molecule has 0 spiro atoms. The van der Waals surface area contributed by atoms with Crippen LogP contribution in [0.1, 0.15) is 29.3 Å². The SMILES string of the molecule is CC(=O)Nc1cccc(NS(=O)(=O)c2ccc3c(c2)CCCN3C(=O)c2ccccc2)c1. The van der Waals surface area contributed by atoms with Gasteiger partial charge in [0.1, 0.15) is 0 Å². The highest BCUT2D eigenvalue weighted by Gasteiger charge is 2.25. The van der Waals surface area contributed by atoms with Gasteiger partial charge in [-0.15, -0.1) is 0 Å². The summed E-state index contributed by atoms with van der Waals surface area (Å²) in [6, 6.07) is 20.4. The molecule has 7 nitrogen and oxygen atoms in total. The van der Waals surface area contributed by atoms with Crippen LogP contribution >= 0.6 is 0 Å². The van der Waals surface area contributed by atoms with Crippen molar-refractivity contribution in [3.8, 4) is 0 Å². The number of nitrogens with one attached hydrogen (secondary N) is 2. The Bertz CT molecular complexity index is 1270. The Morgan fingerprint density at radius 2 is 1.66 bits per heavy atom. The highest BCUT2D eigenvalue weighted by atomic mass is 32.2. The molecular formula is C24H23N3O4S. The number of nitrogens with zero attached hydrogens (tertiary/aromatic N) is 1. The van der Waals surface area contributed by atoms with E-state index in [0.29, 0.717) is 29.9 Å². The van der Waals surface area contributed by atoms with Crippen LogP contribution in [-0.2, 0) is 21.2 Å². The maximum absolute atomic E-state index is 13.0. The second kappa shape index (κ2) is 8.84. The first-order chi connectivity index (χ1) is 15.3. The molecule has 8 heteroatoms. The van der Waals surface area contributed by atoms with Gasteiger partial charge in [-0.25, -0.2) is 8.42 Å². The minimum Gasteiger partial charge on any atom is -0.326 e. The summed E-state index contributed by atoms with van der Waals surface area (Å²) in [5, 5.41) is 2.63. The Kier molecular flexibility index (Phi) is 5.96. The summed E-state index contributed by atoms with van der Waals surface area (Å²) in [6.07, 6.45) is 1.44. The van der Waals surface area contributed by atoms with Crippen molar-refractivity contribution in [2.45, 2.75) is 24.7 Å². The van der Waals surface area contributed by atoms with Gasteiger partial charge in [-0.05, 0) is 66.9 Å². The molecule has 4 rings (SSSR count). The highest BCUT2D eigenvalue weighted by molar-refractivity contribution is 7.92. The van der Waals surface area contributed by atoms with E-state index >= 15 is 0 Å². The molecule has 1 aliphatic rings. The van der Waals surface area contributed by atoms with Gasteiger partial charge in [0.2, 0.25) is 5.91 Å². The van der Waals surface area contributed by atoms with Crippen LogP contribution in [0.25, 0.3) is 0 Å². The molecule has 3 aromatic carbocycles. The number of carbonyl (C=O) groups excluding carboxylic acids is 2. The number of anilines is 3. The molecule has 1 heterocycles. The number of rotatable bonds is 5. The van der Waals surface area contributed by atoms with E-state index < -0.39 is 10.0 Å². The van der Waals surface area contributed by atoms with Crippen molar-refractivity contribution in [1.29, 1.82) is 0 Å². The van der Waals surface area contributed by atoms with Crippen LogP contribution < -0.4 is 14.9 Å². The minimum atomic E-state index is -3.85. The standard InChI is InChI=1S/C24H23N3O4S/c1-17(28)25-20-10-5-11-21(16-20)26-32(30,31)22-12-13-23-19(15-22)9-6-14-27(23)24(29)18-7-3-2-4-8-18/h2-5,7-8,10-13,15-16,26H,6,9,14H2,1H3,(H,25,28). The number of aryl methyl sites for hydroxylation is 1. The summed E-state index contributed by atoms with van der Waals surface area (Å²) < 4.78 is 28.5. The molecule has 3 aromatic rings. The van der Waals surface area contributed by atoms with E-state index in [4.69, 9.17) is 0 Å². The Hall–Kier alpha value is -3.65. The molecule has 2 amide bonds. The number of hydrogen-bond donors (Lipinski definition) is 2. The topological polar surface area (TPSA) is 95.6 Å². The lowest BCUT2D eigenvalue weighted by molar-refractivity contribution is -0.114. The molecule has 0 atom stereocenters. The Morgan fingerprint density at radius 1 is 0.906 bits per heavy atom. The molecule has 0 saturated heterocycles. The molecular weight excluding hydrogens is 426 g/mol. The third-order valence-electron chi connectivity index (χ3n) is 5.18. The normalized spacial score (nSPS) is 13.2. The van der Waals surface area contributed by atoms with Crippen molar-refractivity contribution in [3.63, 3.8) is 0 Å². The van der Waals surface area contributed by atoms with Gasteiger partial charge in [0, 0.05) is 30.4 Å². The van der Waals surface area contributed by atoms with E-state index in [1.807, 2.05) is 18.2 Å². The lowest BCUT2D eigenvalue weighted by Crippen LogP contribution is -2.35. The second-order valence-corrected chi connectivity index (χ2v) is 9.27. The zero-order chi connectivity index (χ0) is 22.7. The van der Waals surface area contributed by atoms with Crippen LogP contribution in [0.5, 0.6) is 0 Å². The molecule has 164 valence electrons. The molecule has 0 aliphatic carbocycles. The Balaban J connectivity index is 1.59. The van der Waals surface area contributed by atoms with Gasteiger partial charge in [0.05, 0.1) is 10.6 Å². The van der Waals surface area contributed by atoms with Crippen LogP contribution in [0, 0.1) is 0 Å². The molecule has 0 bridgehead atoms. The van der Waals surface area contributed by atoms with Crippen LogP contribution in [0.15, 0.2) is 77.7 Å². The second-order valence-electron chi connectivity index (χ2n) is 7.58. The lowest BCUT2D eigenvalue weighted by atomic mass is 10.0. The highest BCUT2D eigenvalue weighted by Crippen LogP contribution is 2.31. The van der Waals surface area contributed by atoms with E-state index in [0.717, 1.165) is 17.7 Å². The van der Waals surface area contributed by atoms with E-state index in [2.05, 4.69) is 10.0 Å². The average Bonchev–Trinajstić information content (AvgIpc) is 2.78. The number of sulfonamides is 1. The van der Waals surface area contributed by atoms with Crippen molar-refractivity contribution >= 4 is 38.9 Å². The van der Waals surface area contributed by atoms with Crippen LogP contribution in [-0.4, -0.2) is 26.8 Å². The molecule has 32 heavy (non-hydrogen) atoms.